The van der Waals surface area contributed by atoms with Gasteiger partial charge in [0.05, 0.1) is 12.0 Å². The molecule has 0 aromatic carbocycles. The Bertz CT molecular complexity index is 544. The average Bonchev–Trinajstić information content (AvgIpc) is 3.15. The SMILES string of the molecule is CC(C)CC(CC(C)C)C(=O)NC1CC2CCC(C1)N2C(=O)C1(C)CCOC1. The molecule has 3 heterocycles. The Balaban J connectivity index is 1.60. The standard InChI is InChI=1S/C23H40N2O3/c1-15(2)10-17(11-16(3)4)21(26)24-18-12-19-6-7-20(13-18)25(19)22(27)23(5)8-9-28-14-23/h15-20H,6-14H2,1-5H3,(H,24,26). The van der Waals surface area contributed by atoms with E-state index in [2.05, 4.69) is 44.8 Å². The first-order valence-electron chi connectivity index (χ1n) is 11.4. The van der Waals surface area contributed by atoms with Gasteiger partial charge in [0.1, 0.15) is 0 Å². The zero-order valence-electron chi connectivity index (χ0n) is 18.5. The number of carbonyl (C=O) groups is 2. The minimum absolute atomic E-state index is 0.104. The monoisotopic (exact) mass is 392 g/mol. The first-order valence-corrected chi connectivity index (χ1v) is 11.4. The van der Waals surface area contributed by atoms with E-state index in [-0.39, 0.29) is 41.3 Å². The lowest BCUT2D eigenvalue weighted by Crippen LogP contribution is -2.56. The van der Waals surface area contributed by atoms with E-state index in [9.17, 15) is 9.59 Å². The van der Waals surface area contributed by atoms with Crippen molar-refractivity contribution < 1.29 is 14.3 Å². The molecule has 3 rings (SSSR count). The number of nitrogens with zero attached hydrogens (tertiary/aromatic N) is 1. The fraction of sp³-hybridized carbons (Fsp3) is 0.913. The lowest BCUT2D eigenvalue weighted by molar-refractivity contribution is -0.146. The number of ether oxygens (including phenoxy) is 1. The summed E-state index contributed by atoms with van der Waals surface area (Å²) >= 11 is 0. The predicted octanol–water partition coefficient (Wildman–Crippen LogP) is 3.76. The topological polar surface area (TPSA) is 58.6 Å². The van der Waals surface area contributed by atoms with Gasteiger partial charge in [-0.25, -0.2) is 0 Å². The van der Waals surface area contributed by atoms with Gasteiger partial charge >= 0.3 is 0 Å². The van der Waals surface area contributed by atoms with Crippen LogP contribution in [0.2, 0.25) is 0 Å². The molecule has 3 aliphatic rings. The van der Waals surface area contributed by atoms with Crippen molar-refractivity contribution in [1.82, 2.24) is 10.2 Å². The van der Waals surface area contributed by atoms with Crippen LogP contribution in [0, 0.1) is 23.2 Å². The van der Waals surface area contributed by atoms with Gasteiger partial charge < -0.3 is 15.0 Å². The molecule has 0 spiro atoms. The number of amides is 2. The first kappa shape index (κ1) is 21.6. The van der Waals surface area contributed by atoms with E-state index in [0.717, 1.165) is 44.9 Å². The molecule has 1 N–H and O–H groups in total. The van der Waals surface area contributed by atoms with Crippen LogP contribution in [0.1, 0.15) is 79.6 Å². The molecule has 28 heavy (non-hydrogen) atoms. The Morgan fingerprint density at radius 1 is 1.07 bits per heavy atom. The van der Waals surface area contributed by atoms with Crippen LogP contribution in [0.4, 0.5) is 0 Å². The highest BCUT2D eigenvalue weighted by atomic mass is 16.5. The van der Waals surface area contributed by atoms with Gasteiger partial charge in [0.2, 0.25) is 11.8 Å². The van der Waals surface area contributed by atoms with Crippen LogP contribution in [-0.2, 0) is 14.3 Å². The van der Waals surface area contributed by atoms with E-state index in [4.69, 9.17) is 4.74 Å². The number of nitrogens with one attached hydrogen (secondary N) is 1. The largest absolute Gasteiger partial charge is 0.380 e. The van der Waals surface area contributed by atoms with Crippen molar-refractivity contribution in [1.29, 1.82) is 0 Å². The molecule has 3 unspecified atom stereocenters. The summed E-state index contributed by atoms with van der Waals surface area (Å²) in [5, 5.41) is 3.37. The van der Waals surface area contributed by atoms with Crippen molar-refractivity contribution in [2.24, 2.45) is 23.2 Å². The molecular weight excluding hydrogens is 352 g/mol. The van der Waals surface area contributed by atoms with Gasteiger partial charge in [-0.15, -0.1) is 0 Å². The highest BCUT2D eigenvalue weighted by molar-refractivity contribution is 5.84. The van der Waals surface area contributed by atoms with Crippen LogP contribution in [-0.4, -0.2) is 48.1 Å². The summed E-state index contributed by atoms with van der Waals surface area (Å²) in [6, 6.07) is 0.772. The lowest BCUT2D eigenvalue weighted by Gasteiger charge is -2.42. The maximum Gasteiger partial charge on any atom is 0.231 e. The number of carbonyl (C=O) groups excluding carboxylic acids is 2. The van der Waals surface area contributed by atoms with Crippen LogP contribution >= 0.6 is 0 Å². The fourth-order valence-electron chi connectivity index (χ4n) is 5.54. The maximum absolute atomic E-state index is 13.2. The highest BCUT2D eigenvalue weighted by Gasteiger charge is 2.49. The van der Waals surface area contributed by atoms with Gasteiger partial charge in [-0.2, -0.15) is 0 Å². The van der Waals surface area contributed by atoms with Gasteiger partial charge in [-0.3, -0.25) is 9.59 Å². The van der Waals surface area contributed by atoms with Gasteiger partial charge in [-0.05, 0) is 63.7 Å². The van der Waals surface area contributed by atoms with Crippen molar-refractivity contribution in [3.05, 3.63) is 0 Å². The fourth-order valence-corrected chi connectivity index (χ4v) is 5.54. The van der Waals surface area contributed by atoms with Gasteiger partial charge in [-0.1, -0.05) is 27.7 Å². The highest BCUT2D eigenvalue weighted by Crippen LogP contribution is 2.41. The summed E-state index contributed by atoms with van der Waals surface area (Å²) in [6.45, 7) is 12.1. The molecule has 3 saturated heterocycles. The third kappa shape index (κ3) is 4.72. The van der Waals surface area contributed by atoms with Crippen molar-refractivity contribution in [3.8, 4) is 0 Å². The van der Waals surface area contributed by atoms with Gasteiger partial charge in [0.15, 0.2) is 0 Å². The molecular formula is C23H40N2O3. The number of hydrogen-bond acceptors (Lipinski definition) is 3. The lowest BCUT2D eigenvalue weighted by atomic mass is 9.85. The van der Waals surface area contributed by atoms with E-state index in [1.54, 1.807) is 0 Å². The zero-order valence-corrected chi connectivity index (χ0v) is 18.5. The van der Waals surface area contributed by atoms with E-state index < -0.39 is 0 Å². The summed E-state index contributed by atoms with van der Waals surface area (Å²) in [5.41, 5.74) is -0.351. The van der Waals surface area contributed by atoms with Crippen LogP contribution in [0.15, 0.2) is 0 Å². The predicted molar refractivity (Wildman–Crippen MR) is 111 cm³/mol. The van der Waals surface area contributed by atoms with Crippen LogP contribution in [0.5, 0.6) is 0 Å². The Labute approximate surface area is 170 Å². The summed E-state index contributed by atoms with van der Waals surface area (Å²) in [5.74, 6) is 1.66. The Hall–Kier alpha value is -1.10. The number of piperidine rings is 1. The minimum atomic E-state index is -0.351. The molecule has 5 heteroatoms. The van der Waals surface area contributed by atoms with E-state index in [0.29, 0.717) is 25.0 Å². The number of fused-ring (bicyclic) bond motifs is 2. The number of hydrogen-bond donors (Lipinski definition) is 1. The Kier molecular flexibility index (Phi) is 6.73. The Morgan fingerprint density at radius 3 is 2.11 bits per heavy atom. The second kappa shape index (κ2) is 8.73. The molecule has 2 amide bonds. The quantitative estimate of drug-likeness (QED) is 0.718. The van der Waals surface area contributed by atoms with Crippen LogP contribution < -0.4 is 5.32 Å². The van der Waals surface area contributed by atoms with Crippen molar-refractivity contribution in [3.63, 3.8) is 0 Å². The molecule has 0 radical (unpaired) electrons. The molecule has 3 aliphatic heterocycles. The molecule has 5 nitrogen and oxygen atoms in total. The smallest absolute Gasteiger partial charge is 0.231 e. The molecule has 0 saturated carbocycles. The molecule has 0 aliphatic carbocycles. The number of rotatable bonds is 7. The van der Waals surface area contributed by atoms with Crippen molar-refractivity contribution >= 4 is 11.8 Å². The maximum atomic E-state index is 13.2. The molecule has 3 atom stereocenters. The minimum Gasteiger partial charge on any atom is -0.380 e. The van der Waals surface area contributed by atoms with Crippen molar-refractivity contribution in [2.75, 3.05) is 13.2 Å². The Morgan fingerprint density at radius 2 is 1.64 bits per heavy atom. The van der Waals surface area contributed by atoms with Crippen LogP contribution in [0.25, 0.3) is 0 Å². The van der Waals surface area contributed by atoms with Crippen molar-refractivity contribution in [2.45, 2.75) is 97.7 Å². The summed E-state index contributed by atoms with van der Waals surface area (Å²) in [4.78, 5) is 28.4. The molecule has 3 fully saturated rings. The third-order valence-electron chi connectivity index (χ3n) is 6.93. The normalized spacial score (nSPS) is 32.6. The van der Waals surface area contributed by atoms with E-state index >= 15 is 0 Å². The molecule has 0 aromatic heterocycles. The third-order valence-corrected chi connectivity index (χ3v) is 6.93. The second-order valence-corrected chi connectivity index (χ2v) is 10.6. The first-order chi connectivity index (χ1) is 13.2. The zero-order chi connectivity index (χ0) is 20.5. The van der Waals surface area contributed by atoms with E-state index in [1.807, 2.05) is 0 Å². The van der Waals surface area contributed by atoms with Gasteiger partial charge in [0.25, 0.3) is 0 Å². The molecule has 2 bridgehead atoms. The summed E-state index contributed by atoms with van der Waals surface area (Å²) in [7, 11) is 0. The van der Waals surface area contributed by atoms with E-state index in [1.165, 1.54) is 0 Å². The summed E-state index contributed by atoms with van der Waals surface area (Å²) < 4.78 is 5.52. The van der Waals surface area contributed by atoms with Crippen LogP contribution in [0.3, 0.4) is 0 Å². The average molecular weight is 393 g/mol. The molecule has 160 valence electrons. The summed E-state index contributed by atoms with van der Waals surface area (Å²) in [6.07, 6.45) is 6.68. The second-order valence-electron chi connectivity index (χ2n) is 10.6. The molecule has 0 aromatic rings. The van der Waals surface area contributed by atoms with Gasteiger partial charge in [0, 0.05) is 30.7 Å².